The van der Waals surface area contributed by atoms with E-state index in [9.17, 15) is 41.2 Å². The summed E-state index contributed by atoms with van der Waals surface area (Å²) in [6, 6.07) is 2.35. The van der Waals surface area contributed by atoms with E-state index in [-0.39, 0.29) is 45.5 Å². The number of hydrogen-bond donors (Lipinski definition) is 3. The van der Waals surface area contributed by atoms with Gasteiger partial charge in [0.25, 0.3) is 5.91 Å². The second-order valence-corrected chi connectivity index (χ2v) is 14.9. The lowest BCUT2D eigenvalue weighted by atomic mass is 10.0. The van der Waals surface area contributed by atoms with Crippen molar-refractivity contribution in [3.8, 4) is 0 Å². The van der Waals surface area contributed by atoms with Crippen LogP contribution in [0.5, 0.6) is 0 Å². The van der Waals surface area contributed by atoms with Crippen LogP contribution in [0.1, 0.15) is 55.2 Å². The average molecular weight is 706 g/mol. The van der Waals surface area contributed by atoms with Crippen molar-refractivity contribution in [3.63, 3.8) is 0 Å². The van der Waals surface area contributed by atoms with Gasteiger partial charge in [0.1, 0.15) is 23.7 Å². The van der Waals surface area contributed by atoms with E-state index in [1.807, 2.05) is 29.0 Å². The number of alkyl carbamates (subject to hydrolysis) is 1. The first-order valence-corrected chi connectivity index (χ1v) is 17.6. The van der Waals surface area contributed by atoms with Crippen molar-refractivity contribution in [2.75, 3.05) is 13.2 Å². The van der Waals surface area contributed by atoms with E-state index in [1.165, 1.54) is 11.0 Å². The van der Waals surface area contributed by atoms with Crippen LogP contribution in [0.4, 0.5) is 18.4 Å². The smallest absolute Gasteiger partial charge is 0.410 e. The van der Waals surface area contributed by atoms with Crippen molar-refractivity contribution in [3.05, 3.63) is 53.6 Å². The van der Waals surface area contributed by atoms with E-state index < -0.39 is 87.7 Å². The van der Waals surface area contributed by atoms with Gasteiger partial charge in [-0.15, -0.1) is 6.58 Å². The SMILES string of the molecule is C=C[C@@H]1C[C@]1(NC(=O)[C@@H]1C[C@@H]2CN1C(=O)[C@H](CC(F)F)NC(=O)OCCC=Cc1cccc3c1CN(C3)C(=O)O2)C(=O)NS(=O)(=O)C1CC1. The number of ether oxygens (including phenoxy) is 2. The van der Waals surface area contributed by atoms with E-state index in [0.717, 1.165) is 21.6 Å². The van der Waals surface area contributed by atoms with Gasteiger partial charge in [-0.05, 0) is 42.4 Å². The average Bonchev–Trinajstić information content (AvgIpc) is 3.94. The summed E-state index contributed by atoms with van der Waals surface area (Å²) in [6.45, 7) is 3.64. The summed E-state index contributed by atoms with van der Waals surface area (Å²) in [5, 5.41) is 4.04. The highest BCUT2D eigenvalue weighted by atomic mass is 32.2. The number of nitrogens with one attached hydrogen (secondary N) is 3. The Kier molecular flexibility index (Phi) is 9.39. The number of halogens is 2. The number of amides is 5. The number of alkyl halides is 2. The van der Waals surface area contributed by atoms with Gasteiger partial charge in [0.15, 0.2) is 0 Å². The molecule has 5 aliphatic rings. The molecule has 0 radical (unpaired) electrons. The Balaban J connectivity index is 1.27. The van der Waals surface area contributed by atoms with Crippen LogP contribution in [0.3, 0.4) is 0 Å². The summed E-state index contributed by atoms with van der Waals surface area (Å²) in [7, 11) is -3.97. The van der Waals surface area contributed by atoms with Gasteiger partial charge in [-0.1, -0.05) is 36.4 Å². The maximum atomic E-state index is 13.9. The number of fused-ring (bicyclic) bond motifs is 3. The standard InChI is InChI=1S/C32H37F2N5O9S/c1-2-20-14-32(20,29(42)37-49(45,46)22-9-10-22)36-27(40)25-12-21-16-39(25)28(41)24(13-26(33)34)35-30(43)47-11-4-3-6-18-7-5-8-19-15-38(17-23(18)19)31(44)48-21/h2-3,5-8,20-22,24-26H,1,4,9-17H2,(H,35,43)(H,36,40)(H,37,42)/t20-,21-,24+,25+,32-/m1/s1. The van der Waals surface area contributed by atoms with E-state index in [4.69, 9.17) is 9.47 Å². The number of rotatable bonds is 8. The molecule has 1 aromatic rings. The van der Waals surface area contributed by atoms with Gasteiger partial charge < -0.3 is 25.0 Å². The zero-order valence-corrected chi connectivity index (χ0v) is 27.3. The molecule has 3 heterocycles. The Morgan fingerprint density at radius 2 is 1.96 bits per heavy atom. The molecule has 0 aromatic heterocycles. The lowest BCUT2D eigenvalue weighted by molar-refractivity contribution is -0.141. The fraction of sp³-hybridized carbons (Fsp3) is 0.531. The monoisotopic (exact) mass is 705 g/mol. The largest absolute Gasteiger partial charge is 0.449 e. The Hall–Kier alpha value is -4.54. The maximum Gasteiger partial charge on any atom is 0.410 e. The van der Waals surface area contributed by atoms with Crippen LogP contribution >= 0.6 is 0 Å². The molecule has 3 N–H and O–H groups in total. The molecule has 4 bridgehead atoms. The molecule has 3 fully saturated rings. The zero-order chi connectivity index (χ0) is 35.1. The van der Waals surface area contributed by atoms with Gasteiger partial charge in [-0.2, -0.15) is 0 Å². The lowest BCUT2D eigenvalue weighted by Gasteiger charge is -2.29. The number of benzene rings is 1. The number of nitrogens with zero attached hydrogens (tertiary/aromatic N) is 2. The summed E-state index contributed by atoms with van der Waals surface area (Å²) >= 11 is 0. The van der Waals surface area contributed by atoms with Crippen LogP contribution in [-0.2, 0) is 47.0 Å². The van der Waals surface area contributed by atoms with E-state index in [0.29, 0.717) is 12.8 Å². The van der Waals surface area contributed by atoms with Crippen molar-refractivity contribution in [2.45, 2.75) is 87.0 Å². The fourth-order valence-corrected chi connectivity index (χ4v) is 7.92. The summed E-state index contributed by atoms with van der Waals surface area (Å²) in [5.41, 5.74) is 0.967. The first-order chi connectivity index (χ1) is 23.3. The number of hydrogen-bond acceptors (Lipinski definition) is 9. The first kappa shape index (κ1) is 34.3. The van der Waals surface area contributed by atoms with Crippen LogP contribution in [0.25, 0.3) is 6.08 Å². The fourth-order valence-electron chi connectivity index (χ4n) is 6.56. The van der Waals surface area contributed by atoms with E-state index >= 15 is 0 Å². The maximum absolute atomic E-state index is 13.9. The van der Waals surface area contributed by atoms with E-state index in [1.54, 1.807) is 6.08 Å². The minimum absolute atomic E-state index is 0.0289. The van der Waals surface area contributed by atoms with Crippen molar-refractivity contribution < 1.29 is 50.6 Å². The van der Waals surface area contributed by atoms with Gasteiger partial charge in [0.2, 0.25) is 28.3 Å². The predicted molar refractivity (Wildman–Crippen MR) is 168 cm³/mol. The van der Waals surface area contributed by atoms with Gasteiger partial charge in [-0.3, -0.25) is 24.0 Å². The molecule has 1 saturated heterocycles. The van der Waals surface area contributed by atoms with Crippen LogP contribution in [0.15, 0.2) is 36.9 Å². The van der Waals surface area contributed by atoms with Gasteiger partial charge in [0.05, 0.1) is 24.9 Å². The predicted octanol–water partition coefficient (Wildman–Crippen LogP) is 1.94. The highest BCUT2D eigenvalue weighted by molar-refractivity contribution is 7.91. The van der Waals surface area contributed by atoms with Crippen LogP contribution in [0, 0.1) is 5.92 Å². The van der Waals surface area contributed by atoms with Crippen molar-refractivity contribution >= 4 is 46.0 Å². The molecule has 5 atom stereocenters. The quantitative estimate of drug-likeness (QED) is 0.341. The van der Waals surface area contributed by atoms with Crippen molar-refractivity contribution in [2.24, 2.45) is 5.92 Å². The van der Waals surface area contributed by atoms with Gasteiger partial charge in [-0.25, -0.2) is 26.8 Å². The molecule has 2 aliphatic carbocycles. The third kappa shape index (κ3) is 7.26. The third-order valence-corrected chi connectivity index (χ3v) is 11.3. The number of carbonyl (C=O) groups excluding carboxylic acids is 5. The molecule has 1 aromatic carbocycles. The molecular weight excluding hydrogens is 668 g/mol. The second-order valence-electron chi connectivity index (χ2n) is 12.9. The van der Waals surface area contributed by atoms with Gasteiger partial charge in [0, 0.05) is 25.3 Å². The normalized spacial score (nSPS) is 28.6. The van der Waals surface area contributed by atoms with E-state index in [2.05, 4.69) is 17.2 Å². The molecule has 14 nitrogen and oxygen atoms in total. The third-order valence-electron chi connectivity index (χ3n) is 9.46. The topological polar surface area (TPSA) is 181 Å². The lowest BCUT2D eigenvalue weighted by Crippen LogP contribution is -2.58. The minimum atomic E-state index is -3.97. The van der Waals surface area contributed by atoms with Crippen molar-refractivity contribution in [1.82, 2.24) is 25.2 Å². The molecule has 2 saturated carbocycles. The molecule has 17 heteroatoms. The number of carbonyl (C=O) groups is 5. The molecule has 264 valence electrons. The number of sulfonamides is 1. The molecule has 49 heavy (non-hydrogen) atoms. The second kappa shape index (κ2) is 13.4. The molecule has 0 spiro atoms. The molecule has 6 rings (SSSR count). The Bertz CT molecular complexity index is 1700. The summed E-state index contributed by atoms with van der Waals surface area (Å²) in [5.74, 6) is -3.55. The summed E-state index contributed by atoms with van der Waals surface area (Å²) < 4.78 is 65.4. The van der Waals surface area contributed by atoms with Crippen LogP contribution < -0.4 is 15.4 Å². The molecular formula is C32H37F2N5O9S. The van der Waals surface area contributed by atoms with Gasteiger partial charge >= 0.3 is 12.2 Å². The zero-order valence-electron chi connectivity index (χ0n) is 26.4. The van der Waals surface area contributed by atoms with Crippen LogP contribution in [-0.4, -0.2) is 96.7 Å². The van der Waals surface area contributed by atoms with Crippen LogP contribution in [0.2, 0.25) is 0 Å². The Morgan fingerprint density at radius 3 is 2.65 bits per heavy atom. The Labute approximate surface area is 281 Å². The highest BCUT2D eigenvalue weighted by Gasteiger charge is 2.62. The number of cyclic esters (lactones) is 1. The highest BCUT2D eigenvalue weighted by Crippen LogP contribution is 2.45. The Morgan fingerprint density at radius 1 is 1.18 bits per heavy atom. The molecule has 3 aliphatic heterocycles. The minimum Gasteiger partial charge on any atom is -0.449 e. The first-order valence-electron chi connectivity index (χ1n) is 16.1. The summed E-state index contributed by atoms with van der Waals surface area (Å²) in [6.07, 6.45) is -1.22. The van der Waals surface area contributed by atoms with Crippen molar-refractivity contribution in [1.29, 1.82) is 0 Å². The summed E-state index contributed by atoms with van der Waals surface area (Å²) in [4.78, 5) is 69.4. The molecule has 5 amide bonds. The molecule has 0 unspecified atom stereocenters.